The van der Waals surface area contributed by atoms with Crippen LogP contribution in [0.2, 0.25) is 0 Å². The fourth-order valence-electron chi connectivity index (χ4n) is 1.97. The second-order valence-corrected chi connectivity index (χ2v) is 4.20. The van der Waals surface area contributed by atoms with Crippen molar-refractivity contribution in [3.05, 3.63) is 49.1 Å². The number of pyridine rings is 1. The molecule has 0 saturated heterocycles. The van der Waals surface area contributed by atoms with Gasteiger partial charge in [0.2, 0.25) is 5.95 Å². The van der Waals surface area contributed by atoms with Crippen LogP contribution in [0.25, 0.3) is 22.6 Å². The van der Waals surface area contributed by atoms with E-state index in [0.29, 0.717) is 5.95 Å². The summed E-state index contributed by atoms with van der Waals surface area (Å²) in [7, 11) is 0. The van der Waals surface area contributed by atoms with E-state index in [4.69, 9.17) is 4.42 Å². The normalized spacial score (nSPS) is 10.4. The highest BCUT2D eigenvalue weighted by atomic mass is 16.3. The van der Waals surface area contributed by atoms with Gasteiger partial charge in [0.15, 0.2) is 5.76 Å². The van der Waals surface area contributed by atoms with Gasteiger partial charge in [0.25, 0.3) is 0 Å². The molecule has 3 rings (SSSR count). The Morgan fingerprint density at radius 2 is 2.05 bits per heavy atom. The van der Waals surface area contributed by atoms with E-state index in [1.54, 1.807) is 24.9 Å². The number of rotatable bonds is 4. The SMILES string of the molecule is CCNc1ncc(-c2ccncc2)c(-c2ccco2)n1. The number of hydrogen-bond acceptors (Lipinski definition) is 5. The molecule has 0 aliphatic carbocycles. The van der Waals surface area contributed by atoms with Crippen LogP contribution in [0.5, 0.6) is 0 Å². The van der Waals surface area contributed by atoms with Crippen LogP contribution in [0.1, 0.15) is 6.92 Å². The zero-order valence-corrected chi connectivity index (χ0v) is 11.1. The average molecular weight is 266 g/mol. The van der Waals surface area contributed by atoms with Crippen molar-refractivity contribution in [3.63, 3.8) is 0 Å². The molecule has 3 heterocycles. The second kappa shape index (κ2) is 5.52. The fraction of sp³-hybridized carbons (Fsp3) is 0.133. The second-order valence-electron chi connectivity index (χ2n) is 4.20. The number of furan rings is 1. The average Bonchev–Trinajstić information content (AvgIpc) is 3.03. The Morgan fingerprint density at radius 1 is 1.20 bits per heavy atom. The molecule has 20 heavy (non-hydrogen) atoms. The number of aromatic nitrogens is 3. The predicted octanol–water partition coefficient (Wildman–Crippen LogP) is 3.23. The van der Waals surface area contributed by atoms with E-state index >= 15 is 0 Å². The van der Waals surface area contributed by atoms with Gasteiger partial charge in [0, 0.05) is 30.7 Å². The minimum atomic E-state index is 0.594. The Morgan fingerprint density at radius 3 is 2.75 bits per heavy atom. The molecule has 0 aliphatic heterocycles. The Kier molecular flexibility index (Phi) is 3.41. The smallest absolute Gasteiger partial charge is 0.223 e. The summed E-state index contributed by atoms with van der Waals surface area (Å²) in [5, 5.41) is 3.11. The predicted molar refractivity (Wildman–Crippen MR) is 77.1 cm³/mol. The highest BCUT2D eigenvalue weighted by Crippen LogP contribution is 2.30. The summed E-state index contributed by atoms with van der Waals surface area (Å²) in [5.74, 6) is 1.31. The largest absolute Gasteiger partial charge is 0.463 e. The van der Waals surface area contributed by atoms with Crippen molar-refractivity contribution in [2.75, 3.05) is 11.9 Å². The van der Waals surface area contributed by atoms with Gasteiger partial charge in [-0.3, -0.25) is 4.98 Å². The van der Waals surface area contributed by atoms with Crippen LogP contribution in [0.4, 0.5) is 5.95 Å². The minimum absolute atomic E-state index is 0.594. The monoisotopic (exact) mass is 266 g/mol. The molecule has 0 radical (unpaired) electrons. The molecule has 0 fully saturated rings. The fourth-order valence-corrected chi connectivity index (χ4v) is 1.97. The quantitative estimate of drug-likeness (QED) is 0.785. The molecule has 3 aromatic heterocycles. The van der Waals surface area contributed by atoms with E-state index in [2.05, 4.69) is 20.3 Å². The van der Waals surface area contributed by atoms with Gasteiger partial charge in [-0.25, -0.2) is 9.97 Å². The van der Waals surface area contributed by atoms with Gasteiger partial charge in [-0.2, -0.15) is 0 Å². The van der Waals surface area contributed by atoms with Crippen LogP contribution in [-0.4, -0.2) is 21.5 Å². The lowest BCUT2D eigenvalue weighted by molar-refractivity contribution is 0.580. The summed E-state index contributed by atoms with van der Waals surface area (Å²) < 4.78 is 5.48. The van der Waals surface area contributed by atoms with Crippen LogP contribution in [-0.2, 0) is 0 Å². The highest BCUT2D eigenvalue weighted by molar-refractivity contribution is 5.78. The maximum Gasteiger partial charge on any atom is 0.223 e. The van der Waals surface area contributed by atoms with Gasteiger partial charge in [0.1, 0.15) is 5.69 Å². The van der Waals surface area contributed by atoms with Gasteiger partial charge in [0.05, 0.1) is 6.26 Å². The van der Waals surface area contributed by atoms with Crippen LogP contribution in [0.15, 0.2) is 53.5 Å². The molecule has 0 aromatic carbocycles. The highest BCUT2D eigenvalue weighted by Gasteiger charge is 2.13. The van der Waals surface area contributed by atoms with E-state index in [-0.39, 0.29) is 0 Å². The Labute approximate surface area is 116 Å². The van der Waals surface area contributed by atoms with Crippen molar-refractivity contribution in [1.29, 1.82) is 0 Å². The maximum absolute atomic E-state index is 5.48. The molecule has 0 spiro atoms. The Balaban J connectivity index is 2.14. The van der Waals surface area contributed by atoms with Gasteiger partial charge in [-0.1, -0.05) is 0 Å². The zero-order chi connectivity index (χ0) is 13.8. The topological polar surface area (TPSA) is 63.8 Å². The Hall–Kier alpha value is -2.69. The molecule has 3 aromatic rings. The van der Waals surface area contributed by atoms with Crippen LogP contribution in [0.3, 0.4) is 0 Å². The third kappa shape index (κ3) is 2.38. The molecule has 0 amide bonds. The first kappa shape index (κ1) is 12.3. The lowest BCUT2D eigenvalue weighted by Crippen LogP contribution is -2.03. The zero-order valence-electron chi connectivity index (χ0n) is 11.1. The van der Waals surface area contributed by atoms with Gasteiger partial charge in [-0.15, -0.1) is 0 Å². The molecule has 100 valence electrons. The molecule has 0 aliphatic rings. The third-order valence-corrected chi connectivity index (χ3v) is 2.87. The van der Waals surface area contributed by atoms with Crippen molar-refractivity contribution >= 4 is 5.95 Å². The number of nitrogens with zero attached hydrogens (tertiary/aromatic N) is 3. The maximum atomic E-state index is 5.48. The van der Waals surface area contributed by atoms with E-state index in [1.807, 2.05) is 31.2 Å². The van der Waals surface area contributed by atoms with E-state index in [0.717, 1.165) is 29.1 Å². The molecule has 0 atom stereocenters. The summed E-state index contributed by atoms with van der Waals surface area (Å²) in [4.78, 5) is 12.9. The van der Waals surface area contributed by atoms with Crippen LogP contribution >= 0.6 is 0 Å². The first-order chi connectivity index (χ1) is 9.88. The van der Waals surface area contributed by atoms with Crippen molar-refractivity contribution in [2.45, 2.75) is 6.92 Å². The molecule has 0 unspecified atom stereocenters. The van der Waals surface area contributed by atoms with Gasteiger partial charge in [-0.05, 0) is 36.8 Å². The summed E-state index contributed by atoms with van der Waals surface area (Å²) in [6.45, 7) is 2.78. The standard InChI is InChI=1S/C15H14N4O/c1-2-17-15-18-10-12(11-5-7-16-8-6-11)14(19-15)13-4-3-9-20-13/h3-10H,2H2,1H3,(H,17,18,19). The Bertz CT molecular complexity index is 680. The molecule has 0 bridgehead atoms. The van der Waals surface area contributed by atoms with Gasteiger partial charge < -0.3 is 9.73 Å². The van der Waals surface area contributed by atoms with Crippen molar-refractivity contribution in [3.8, 4) is 22.6 Å². The van der Waals surface area contributed by atoms with Crippen molar-refractivity contribution in [2.24, 2.45) is 0 Å². The molecule has 1 N–H and O–H groups in total. The molecule has 5 nitrogen and oxygen atoms in total. The van der Waals surface area contributed by atoms with E-state index < -0.39 is 0 Å². The molecular weight excluding hydrogens is 252 g/mol. The summed E-state index contributed by atoms with van der Waals surface area (Å²) in [5.41, 5.74) is 2.70. The molecule has 0 saturated carbocycles. The minimum Gasteiger partial charge on any atom is -0.463 e. The van der Waals surface area contributed by atoms with Gasteiger partial charge >= 0.3 is 0 Å². The molecular formula is C15H14N4O. The van der Waals surface area contributed by atoms with E-state index in [1.165, 1.54) is 0 Å². The molecule has 5 heteroatoms. The first-order valence-electron chi connectivity index (χ1n) is 6.43. The van der Waals surface area contributed by atoms with Crippen molar-refractivity contribution in [1.82, 2.24) is 15.0 Å². The third-order valence-electron chi connectivity index (χ3n) is 2.87. The summed E-state index contributed by atoms with van der Waals surface area (Å²) in [6.07, 6.45) is 6.94. The van der Waals surface area contributed by atoms with Crippen molar-refractivity contribution < 1.29 is 4.42 Å². The lowest BCUT2D eigenvalue weighted by Gasteiger charge is -2.09. The van der Waals surface area contributed by atoms with Crippen LogP contribution in [0, 0.1) is 0 Å². The number of nitrogens with one attached hydrogen (secondary N) is 1. The number of anilines is 1. The first-order valence-corrected chi connectivity index (χ1v) is 6.43. The van der Waals surface area contributed by atoms with E-state index in [9.17, 15) is 0 Å². The lowest BCUT2D eigenvalue weighted by atomic mass is 10.1. The van der Waals surface area contributed by atoms with Crippen LogP contribution < -0.4 is 5.32 Å². The summed E-state index contributed by atoms with van der Waals surface area (Å²) in [6, 6.07) is 7.60. The summed E-state index contributed by atoms with van der Waals surface area (Å²) >= 11 is 0. The number of hydrogen-bond donors (Lipinski definition) is 1.